The number of aryl methyl sites for hydroxylation is 1. The van der Waals surface area contributed by atoms with Crippen molar-refractivity contribution < 1.29 is 14.3 Å². The molecule has 0 radical (unpaired) electrons. The molecule has 102 valence electrons. The van der Waals surface area contributed by atoms with Crippen molar-refractivity contribution in [2.75, 3.05) is 20.7 Å². The third kappa shape index (κ3) is 4.21. The molecule has 0 aromatic heterocycles. The monoisotopic (exact) mass is 262 g/mol. The summed E-state index contributed by atoms with van der Waals surface area (Å²) in [5.74, 6) is -1.62. The summed E-state index contributed by atoms with van der Waals surface area (Å²) in [4.78, 5) is 23.6. The van der Waals surface area contributed by atoms with E-state index in [1.54, 1.807) is 33.2 Å². The van der Waals surface area contributed by atoms with E-state index in [-0.39, 0.29) is 12.3 Å². The lowest BCUT2D eigenvalue weighted by Gasteiger charge is -2.10. The fourth-order valence-corrected chi connectivity index (χ4v) is 1.44. The molecule has 1 rings (SSSR count). The van der Waals surface area contributed by atoms with Gasteiger partial charge in [0.05, 0.1) is 6.61 Å². The van der Waals surface area contributed by atoms with E-state index in [9.17, 15) is 9.59 Å². The molecule has 0 spiro atoms. The number of hydrogen-bond acceptors (Lipinski definition) is 5. The smallest absolute Gasteiger partial charge is 0.381 e. The van der Waals surface area contributed by atoms with Crippen molar-refractivity contribution in [2.24, 2.45) is 5.10 Å². The van der Waals surface area contributed by atoms with Gasteiger partial charge in [0, 0.05) is 19.7 Å². The van der Waals surface area contributed by atoms with Gasteiger partial charge in [-0.05, 0) is 13.8 Å². The van der Waals surface area contributed by atoms with Crippen LogP contribution in [-0.2, 0) is 14.3 Å². The molecular formula is C14H18N2O3. The van der Waals surface area contributed by atoms with E-state index < -0.39 is 11.8 Å². The standard InChI is InChI=1S/C14H18N2O3/c1-5-19-14(18)13(17)12(15-16(3)4)11-8-6-10(2)7-9-11/h6-9H,5H2,1-4H3/b15-12-. The van der Waals surface area contributed by atoms with Gasteiger partial charge in [0.25, 0.3) is 5.78 Å². The Morgan fingerprint density at radius 3 is 2.26 bits per heavy atom. The first-order valence-electron chi connectivity index (χ1n) is 6.00. The number of nitrogens with zero attached hydrogens (tertiary/aromatic N) is 2. The highest BCUT2D eigenvalue weighted by molar-refractivity contribution is 6.66. The Bertz CT molecular complexity index is 490. The van der Waals surface area contributed by atoms with Crippen molar-refractivity contribution in [3.05, 3.63) is 35.4 Å². The van der Waals surface area contributed by atoms with Crippen LogP contribution in [0.3, 0.4) is 0 Å². The van der Waals surface area contributed by atoms with Crippen LogP contribution in [0.25, 0.3) is 0 Å². The fraction of sp³-hybridized carbons (Fsp3) is 0.357. The normalized spacial score (nSPS) is 11.1. The highest BCUT2D eigenvalue weighted by Crippen LogP contribution is 2.07. The molecule has 0 amide bonds. The highest BCUT2D eigenvalue weighted by atomic mass is 16.5. The molecule has 0 saturated carbocycles. The first-order chi connectivity index (χ1) is 8.95. The summed E-state index contributed by atoms with van der Waals surface area (Å²) in [5.41, 5.74) is 1.75. The summed E-state index contributed by atoms with van der Waals surface area (Å²) < 4.78 is 4.72. The zero-order valence-electron chi connectivity index (χ0n) is 11.6. The van der Waals surface area contributed by atoms with Crippen LogP contribution in [-0.4, -0.2) is 43.2 Å². The molecule has 5 nitrogen and oxygen atoms in total. The lowest BCUT2D eigenvalue weighted by molar-refractivity contribution is -0.150. The maximum absolute atomic E-state index is 12.0. The third-order valence-corrected chi connectivity index (χ3v) is 2.30. The van der Waals surface area contributed by atoms with Crippen LogP contribution in [0.4, 0.5) is 0 Å². The molecule has 0 unspecified atom stereocenters. The molecule has 0 N–H and O–H groups in total. The largest absolute Gasteiger partial charge is 0.460 e. The van der Waals surface area contributed by atoms with Crippen LogP contribution >= 0.6 is 0 Å². The van der Waals surface area contributed by atoms with Gasteiger partial charge in [0.1, 0.15) is 5.71 Å². The van der Waals surface area contributed by atoms with Crippen molar-refractivity contribution in [3.63, 3.8) is 0 Å². The van der Waals surface area contributed by atoms with Gasteiger partial charge < -0.3 is 9.75 Å². The van der Waals surface area contributed by atoms with Gasteiger partial charge in [0.2, 0.25) is 0 Å². The molecular weight excluding hydrogens is 244 g/mol. The number of benzene rings is 1. The Morgan fingerprint density at radius 2 is 1.79 bits per heavy atom. The molecule has 5 heteroatoms. The van der Waals surface area contributed by atoms with Gasteiger partial charge in [-0.1, -0.05) is 29.8 Å². The minimum absolute atomic E-state index is 0.0865. The fourth-order valence-electron chi connectivity index (χ4n) is 1.44. The Morgan fingerprint density at radius 1 is 1.21 bits per heavy atom. The van der Waals surface area contributed by atoms with Gasteiger partial charge in [-0.2, -0.15) is 5.10 Å². The SMILES string of the molecule is CCOC(=O)C(=O)/C(=N\N(C)C)c1ccc(C)cc1. The molecule has 19 heavy (non-hydrogen) atoms. The third-order valence-electron chi connectivity index (χ3n) is 2.30. The molecule has 0 aliphatic heterocycles. The molecule has 0 aliphatic rings. The maximum atomic E-state index is 12.0. The summed E-state index contributed by atoms with van der Waals surface area (Å²) in [5, 5.41) is 5.56. The van der Waals surface area contributed by atoms with E-state index in [1.807, 2.05) is 19.1 Å². The Hall–Kier alpha value is -2.17. The van der Waals surface area contributed by atoms with E-state index in [2.05, 4.69) is 5.10 Å². The predicted molar refractivity (Wildman–Crippen MR) is 73.0 cm³/mol. The van der Waals surface area contributed by atoms with Crippen molar-refractivity contribution >= 4 is 17.5 Å². The van der Waals surface area contributed by atoms with E-state index in [0.29, 0.717) is 5.56 Å². The van der Waals surface area contributed by atoms with Crippen LogP contribution in [0.5, 0.6) is 0 Å². The predicted octanol–water partition coefficient (Wildman–Crippen LogP) is 1.39. The Kier molecular flexibility index (Phi) is 5.23. The van der Waals surface area contributed by atoms with Gasteiger partial charge in [0.15, 0.2) is 0 Å². The molecule has 1 aromatic rings. The van der Waals surface area contributed by atoms with Crippen LogP contribution in [0.1, 0.15) is 18.1 Å². The van der Waals surface area contributed by atoms with Crippen LogP contribution in [0.2, 0.25) is 0 Å². The van der Waals surface area contributed by atoms with E-state index in [0.717, 1.165) is 5.56 Å². The van der Waals surface area contributed by atoms with Gasteiger partial charge >= 0.3 is 5.97 Å². The zero-order chi connectivity index (χ0) is 14.4. The quantitative estimate of drug-likeness (QED) is 0.348. The average Bonchev–Trinajstić information content (AvgIpc) is 2.36. The van der Waals surface area contributed by atoms with E-state index >= 15 is 0 Å². The first-order valence-corrected chi connectivity index (χ1v) is 6.00. The Balaban J connectivity index is 3.12. The lowest BCUT2D eigenvalue weighted by atomic mass is 10.0. The number of hydrogen-bond donors (Lipinski definition) is 0. The summed E-state index contributed by atoms with van der Waals surface area (Å²) in [6.07, 6.45) is 0. The second kappa shape index (κ2) is 6.68. The van der Waals surface area contributed by atoms with Gasteiger partial charge in [-0.3, -0.25) is 4.79 Å². The molecule has 0 aliphatic carbocycles. The lowest BCUT2D eigenvalue weighted by Crippen LogP contribution is -2.28. The Labute approximate surface area is 112 Å². The van der Waals surface area contributed by atoms with Crippen molar-refractivity contribution in [1.29, 1.82) is 0 Å². The van der Waals surface area contributed by atoms with Crippen LogP contribution in [0.15, 0.2) is 29.4 Å². The summed E-state index contributed by atoms with van der Waals surface area (Å²) >= 11 is 0. The second-order valence-corrected chi connectivity index (χ2v) is 4.21. The number of rotatable bonds is 5. The van der Waals surface area contributed by atoms with Crippen molar-refractivity contribution in [3.8, 4) is 0 Å². The van der Waals surface area contributed by atoms with Gasteiger partial charge in [-0.25, -0.2) is 4.79 Å². The van der Waals surface area contributed by atoms with E-state index in [4.69, 9.17) is 4.74 Å². The molecule has 0 atom stereocenters. The maximum Gasteiger partial charge on any atom is 0.381 e. The number of carbonyl (C=O) groups excluding carboxylic acids is 2. The molecule has 0 saturated heterocycles. The topological polar surface area (TPSA) is 59.0 Å². The summed E-state index contributed by atoms with van der Waals surface area (Å²) in [7, 11) is 3.37. The molecule has 0 fully saturated rings. The molecule has 0 bridgehead atoms. The van der Waals surface area contributed by atoms with E-state index in [1.165, 1.54) is 5.01 Å². The number of ketones is 1. The minimum atomic E-state index is -0.885. The number of Topliss-reactive ketones (excluding diaryl/α,β-unsaturated/α-hetero) is 1. The molecule has 0 heterocycles. The summed E-state index contributed by atoms with van der Waals surface area (Å²) in [6, 6.07) is 7.24. The molecule has 1 aromatic carbocycles. The minimum Gasteiger partial charge on any atom is -0.460 e. The van der Waals surface area contributed by atoms with Crippen molar-refractivity contribution in [1.82, 2.24) is 5.01 Å². The highest BCUT2D eigenvalue weighted by Gasteiger charge is 2.24. The van der Waals surface area contributed by atoms with Crippen LogP contribution in [0, 0.1) is 6.92 Å². The first kappa shape index (κ1) is 14.9. The number of esters is 1. The number of hydrazone groups is 1. The van der Waals surface area contributed by atoms with Gasteiger partial charge in [-0.15, -0.1) is 0 Å². The average molecular weight is 262 g/mol. The second-order valence-electron chi connectivity index (χ2n) is 4.21. The van der Waals surface area contributed by atoms with Crippen molar-refractivity contribution in [2.45, 2.75) is 13.8 Å². The summed E-state index contributed by atoms with van der Waals surface area (Å²) in [6.45, 7) is 3.76. The zero-order valence-corrected chi connectivity index (χ0v) is 11.6. The van der Waals surface area contributed by atoms with Crippen LogP contribution < -0.4 is 0 Å². The number of ether oxygens (including phenoxy) is 1. The number of carbonyl (C=O) groups is 2.